The summed E-state index contributed by atoms with van der Waals surface area (Å²) in [5.74, 6) is -0.479. The first kappa shape index (κ1) is 33.8. The number of carbonyl (C=O) groups excluding carboxylic acids is 1. The van der Waals surface area contributed by atoms with Crippen LogP contribution < -0.4 is 10.6 Å². The van der Waals surface area contributed by atoms with Crippen molar-refractivity contribution in [2.75, 3.05) is 52.2 Å². The molecule has 1 saturated heterocycles. The third-order valence-electron chi connectivity index (χ3n) is 6.79. The van der Waals surface area contributed by atoms with Crippen molar-refractivity contribution >= 4 is 39.9 Å². The van der Waals surface area contributed by atoms with Gasteiger partial charge in [0.2, 0.25) is 0 Å². The third-order valence-corrected chi connectivity index (χ3v) is 7.13. The summed E-state index contributed by atoms with van der Waals surface area (Å²) in [7, 11) is 3.32. The van der Waals surface area contributed by atoms with Crippen molar-refractivity contribution in [1.29, 1.82) is 0 Å². The quantitative estimate of drug-likeness (QED) is 0.154. The molecule has 0 saturated carbocycles. The molecule has 0 unspecified atom stereocenters. The normalized spacial score (nSPS) is 14.6. The Balaban J connectivity index is 0.00000248. The number of alkyl halides is 3. The zero-order chi connectivity index (χ0) is 31.7. The number of allylic oxidation sites excluding steroid dienone is 1. The Labute approximate surface area is 256 Å². The van der Waals surface area contributed by atoms with Gasteiger partial charge in [-0.3, -0.25) is 4.90 Å². The fraction of sp³-hybridized carbons (Fsp3) is 0.387. The Bertz CT molecular complexity index is 1480. The van der Waals surface area contributed by atoms with E-state index in [1.54, 1.807) is 31.3 Å². The van der Waals surface area contributed by atoms with Crippen LogP contribution in [-0.2, 0) is 17.5 Å². The molecular formula is C31H39F3N6O2S. The first-order valence-corrected chi connectivity index (χ1v) is 14.4. The molecule has 8 nitrogen and oxygen atoms in total. The second-order valence-electron chi connectivity index (χ2n) is 10.1. The lowest BCUT2D eigenvalue weighted by Gasteiger charge is -2.33. The van der Waals surface area contributed by atoms with Gasteiger partial charge < -0.3 is 25.3 Å². The lowest BCUT2D eigenvalue weighted by molar-refractivity contribution is -0.138. The second kappa shape index (κ2) is 15.1. The smallest absolute Gasteiger partial charge is 0.416 e. The van der Waals surface area contributed by atoms with Gasteiger partial charge in [0.05, 0.1) is 24.6 Å². The molecule has 0 spiro atoms. The van der Waals surface area contributed by atoms with E-state index < -0.39 is 17.7 Å². The van der Waals surface area contributed by atoms with Crippen LogP contribution in [0.25, 0.3) is 11.0 Å². The van der Waals surface area contributed by atoms with Gasteiger partial charge >= 0.3 is 12.1 Å². The van der Waals surface area contributed by atoms with Crippen LogP contribution >= 0.6 is 12.2 Å². The first-order valence-electron chi connectivity index (χ1n) is 14.0. The van der Waals surface area contributed by atoms with Gasteiger partial charge in [-0.2, -0.15) is 13.2 Å². The van der Waals surface area contributed by atoms with E-state index in [-0.39, 0.29) is 17.1 Å². The third kappa shape index (κ3) is 9.37. The first-order chi connectivity index (χ1) is 20.4. The van der Waals surface area contributed by atoms with Crippen LogP contribution in [0.5, 0.6) is 0 Å². The Morgan fingerprint density at radius 3 is 2.53 bits per heavy atom. The molecule has 1 aliphatic heterocycles. The lowest BCUT2D eigenvalue weighted by Crippen LogP contribution is -2.44. The van der Waals surface area contributed by atoms with Gasteiger partial charge in [-0.1, -0.05) is 44.8 Å². The van der Waals surface area contributed by atoms with Gasteiger partial charge in [-0.05, 0) is 49.4 Å². The highest BCUT2D eigenvalue weighted by Crippen LogP contribution is 2.33. The van der Waals surface area contributed by atoms with E-state index in [1.807, 2.05) is 31.9 Å². The molecule has 1 aliphatic rings. The Morgan fingerprint density at radius 1 is 1.19 bits per heavy atom. The largest absolute Gasteiger partial charge is 0.464 e. The van der Waals surface area contributed by atoms with Crippen LogP contribution in [0.3, 0.4) is 0 Å². The Kier molecular flexibility index (Phi) is 11.9. The predicted molar refractivity (Wildman–Crippen MR) is 169 cm³/mol. The molecule has 3 heterocycles. The van der Waals surface area contributed by atoms with Gasteiger partial charge in [0.25, 0.3) is 0 Å². The number of thiocarbonyl (C=S) groups is 1. The summed E-state index contributed by atoms with van der Waals surface area (Å²) in [6, 6.07) is 7.78. The summed E-state index contributed by atoms with van der Waals surface area (Å²) in [5.41, 5.74) is 2.81. The average molecular weight is 617 g/mol. The van der Waals surface area contributed by atoms with E-state index >= 15 is 0 Å². The zero-order valence-electron chi connectivity index (χ0n) is 25.2. The Hall–Kier alpha value is -3.74. The van der Waals surface area contributed by atoms with Crippen molar-refractivity contribution in [2.24, 2.45) is 0 Å². The van der Waals surface area contributed by atoms with E-state index in [4.69, 9.17) is 17.0 Å². The molecular weight excluding hydrogens is 577 g/mol. The van der Waals surface area contributed by atoms with Crippen molar-refractivity contribution in [2.45, 2.75) is 33.5 Å². The number of aromatic amines is 1. The van der Waals surface area contributed by atoms with Gasteiger partial charge in [0.1, 0.15) is 16.3 Å². The van der Waals surface area contributed by atoms with Crippen LogP contribution in [0.15, 0.2) is 60.5 Å². The van der Waals surface area contributed by atoms with Gasteiger partial charge in [0.15, 0.2) is 0 Å². The van der Waals surface area contributed by atoms with Crippen LogP contribution in [0.2, 0.25) is 0 Å². The number of carbonyl (C=O) groups is 1. The lowest BCUT2D eigenvalue weighted by atomic mass is 10.0. The summed E-state index contributed by atoms with van der Waals surface area (Å²) >= 11 is 5.44. The molecule has 0 aliphatic carbocycles. The van der Waals surface area contributed by atoms with Crippen LogP contribution in [-0.4, -0.2) is 77.6 Å². The summed E-state index contributed by atoms with van der Waals surface area (Å²) in [5, 5.41) is 6.97. The number of H-pyrrole nitrogens is 1. The molecule has 43 heavy (non-hydrogen) atoms. The maximum Gasteiger partial charge on any atom is 0.416 e. The number of nitrogens with zero attached hydrogens (tertiary/aromatic N) is 3. The van der Waals surface area contributed by atoms with Crippen LogP contribution in [0, 0.1) is 0 Å². The van der Waals surface area contributed by atoms with Crippen molar-refractivity contribution < 1.29 is 22.7 Å². The van der Waals surface area contributed by atoms with Crippen molar-refractivity contribution in [1.82, 2.24) is 25.1 Å². The van der Waals surface area contributed by atoms with E-state index in [2.05, 4.69) is 32.1 Å². The summed E-state index contributed by atoms with van der Waals surface area (Å²) in [6.07, 6.45) is -1.09. The maximum absolute atomic E-state index is 14.0. The maximum atomic E-state index is 14.0. The fourth-order valence-electron chi connectivity index (χ4n) is 4.56. The number of nitrogens with one attached hydrogen (secondary N) is 3. The van der Waals surface area contributed by atoms with E-state index in [1.165, 1.54) is 13.2 Å². The molecule has 4 rings (SSSR count). The number of anilines is 1. The van der Waals surface area contributed by atoms with E-state index in [0.717, 1.165) is 43.3 Å². The van der Waals surface area contributed by atoms with Crippen molar-refractivity contribution in [3.63, 3.8) is 0 Å². The number of rotatable bonds is 9. The zero-order valence-corrected chi connectivity index (χ0v) is 26.0. The van der Waals surface area contributed by atoms with E-state index in [0.29, 0.717) is 34.7 Å². The number of benzene rings is 1. The molecule has 12 heteroatoms. The number of esters is 1. The highest BCUT2D eigenvalue weighted by molar-refractivity contribution is 7.80. The molecule has 3 N–H and O–H groups in total. The monoisotopic (exact) mass is 616 g/mol. The molecule has 1 fully saturated rings. The molecule has 1 aromatic carbocycles. The number of halogens is 3. The minimum atomic E-state index is -4.49. The van der Waals surface area contributed by atoms with Crippen LogP contribution in [0.1, 0.15) is 48.0 Å². The number of hydrogen-bond acceptors (Lipinski definition) is 7. The van der Waals surface area contributed by atoms with Gasteiger partial charge in [-0.25, -0.2) is 9.78 Å². The number of piperazine rings is 1. The summed E-state index contributed by atoms with van der Waals surface area (Å²) in [6.45, 7) is 13.6. The molecule has 3 aromatic rings. The van der Waals surface area contributed by atoms with Gasteiger partial charge in [0, 0.05) is 55.9 Å². The molecule has 0 atom stereocenters. The van der Waals surface area contributed by atoms with Crippen molar-refractivity contribution in [3.8, 4) is 0 Å². The molecule has 232 valence electrons. The van der Waals surface area contributed by atoms with E-state index in [9.17, 15) is 18.0 Å². The molecule has 0 radical (unpaired) electrons. The predicted octanol–water partition coefficient (Wildman–Crippen LogP) is 5.98. The van der Waals surface area contributed by atoms with Crippen LogP contribution in [0.4, 0.5) is 18.9 Å². The number of fused-ring (bicyclic) bond motifs is 1. The standard InChI is InChI=1S/C29H33F3N6O2S.C2H6/c1-18(15-33-23-12-22-14-25(28(39)40-4)36-26(22)34-16-23)11-19(2)35-27(41)20-5-6-21(24(13-20)29(30,31)32)17-38-9-7-37(3)8-10-38;1-2/h5-6,11-14,16,33H,1,7-10,15,17H2,2-4H3,(H,34,36)(H,35,41);1-2H3/b19-11+;. The molecule has 2 aromatic heterocycles. The number of ether oxygens (including phenoxy) is 1. The average Bonchev–Trinajstić information content (AvgIpc) is 3.41. The Morgan fingerprint density at radius 2 is 1.88 bits per heavy atom. The summed E-state index contributed by atoms with van der Waals surface area (Å²) in [4.78, 5) is 23.3. The highest BCUT2D eigenvalue weighted by Gasteiger charge is 2.34. The number of hydrogen-bond donors (Lipinski definition) is 3. The minimum Gasteiger partial charge on any atom is -0.464 e. The number of likely N-dealkylation sites (N-methyl/N-ethyl adjacent to an activating group) is 1. The second-order valence-corrected chi connectivity index (χ2v) is 10.5. The van der Waals surface area contributed by atoms with Crippen molar-refractivity contribution in [3.05, 3.63) is 82.8 Å². The SMILES string of the molecule is C=C(/C=C(\C)NC(=S)c1ccc(CN2CCN(C)CC2)c(C(F)(F)F)c1)CNc1cnc2[nH]c(C(=O)OC)cc2c1.CC. The molecule has 0 amide bonds. The summed E-state index contributed by atoms with van der Waals surface area (Å²) < 4.78 is 46.6. The highest BCUT2D eigenvalue weighted by atomic mass is 32.1. The number of aromatic nitrogens is 2. The minimum absolute atomic E-state index is 0.194. The molecule has 0 bridgehead atoms. The fourth-order valence-corrected chi connectivity index (χ4v) is 4.85. The number of methoxy groups -OCH3 is 1. The van der Waals surface area contributed by atoms with Gasteiger partial charge in [-0.15, -0.1) is 0 Å². The topological polar surface area (TPSA) is 85.5 Å². The number of pyridine rings is 1.